The molecule has 5 nitrogen and oxygen atoms in total. The van der Waals surface area contributed by atoms with Gasteiger partial charge in [0, 0.05) is 31.1 Å². The Morgan fingerprint density at radius 3 is 2.32 bits per heavy atom. The molecule has 1 saturated carbocycles. The number of rotatable bonds is 4. The van der Waals surface area contributed by atoms with Crippen molar-refractivity contribution in [1.29, 1.82) is 0 Å². The average molecular weight is 343 g/mol. The molecule has 2 aliphatic rings. The van der Waals surface area contributed by atoms with Gasteiger partial charge < -0.3 is 10.2 Å². The van der Waals surface area contributed by atoms with E-state index in [9.17, 15) is 9.59 Å². The van der Waals surface area contributed by atoms with E-state index in [1.165, 1.54) is 12.8 Å². The van der Waals surface area contributed by atoms with Crippen LogP contribution in [0, 0.1) is 11.8 Å². The molecule has 2 amide bonds. The van der Waals surface area contributed by atoms with Crippen molar-refractivity contribution >= 4 is 11.8 Å². The quantitative estimate of drug-likeness (QED) is 0.914. The molecule has 0 radical (unpaired) electrons. The summed E-state index contributed by atoms with van der Waals surface area (Å²) in [5, 5.41) is 2.99. The minimum atomic E-state index is 0.0388. The monoisotopic (exact) mass is 343 g/mol. The van der Waals surface area contributed by atoms with Gasteiger partial charge in [0.05, 0.1) is 12.2 Å². The lowest BCUT2D eigenvalue weighted by molar-refractivity contribution is -0.138. The second kappa shape index (κ2) is 8.97. The van der Waals surface area contributed by atoms with E-state index in [4.69, 9.17) is 0 Å². The van der Waals surface area contributed by atoms with E-state index in [0.717, 1.165) is 57.3 Å². The van der Waals surface area contributed by atoms with Gasteiger partial charge in [-0.2, -0.15) is 0 Å². The Labute approximate surface area is 150 Å². The normalized spacial score (nSPS) is 24.4. The van der Waals surface area contributed by atoms with Crippen LogP contribution >= 0.6 is 0 Å². The number of hydrogen-bond donors (Lipinski definition) is 1. The Morgan fingerprint density at radius 1 is 1.00 bits per heavy atom. The molecule has 0 aromatic carbocycles. The molecular formula is C20H29N3O2. The predicted octanol–water partition coefficient (Wildman–Crippen LogP) is 2.91. The summed E-state index contributed by atoms with van der Waals surface area (Å²) in [7, 11) is 0. The van der Waals surface area contributed by atoms with Crippen molar-refractivity contribution in [1.82, 2.24) is 15.2 Å². The van der Waals surface area contributed by atoms with Crippen molar-refractivity contribution in [3.05, 3.63) is 30.1 Å². The summed E-state index contributed by atoms with van der Waals surface area (Å²) in [5.74, 6) is 0.593. The molecule has 1 aliphatic carbocycles. The fourth-order valence-electron chi connectivity index (χ4n) is 3.98. The topological polar surface area (TPSA) is 62.3 Å². The second-order valence-corrected chi connectivity index (χ2v) is 7.33. The van der Waals surface area contributed by atoms with Crippen LogP contribution in [-0.4, -0.2) is 34.8 Å². The van der Waals surface area contributed by atoms with Gasteiger partial charge in [-0.15, -0.1) is 0 Å². The van der Waals surface area contributed by atoms with Crippen LogP contribution in [0.3, 0.4) is 0 Å². The van der Waals surface area contributed by atoms with E-state index in [1.54, 1.807) is 6.20 Å². The van der Waals surface area contributed by atoms with Crippen LogP contribution in [0.15, 0.2) is 24.4 Å². The highest BCUT2D eigenvalue weighted by Crippen LogP contribution is 2.30. The first-order chi connectivity index (χ1) is 12.2. The van der Waals surface area contributed by atoms with Gasteiger partial charge in [-0.05, 0) is 50.7 Å². The number of likely N-dealkylation sites (tertiary alicyclic amines) is 1. The van der Waals surface area contributed by atoms with E-state index in [-0.39, 0.29) is 17.7 Å². The molecule has 25 heavy (non-hydrogen) atoms. The number of hydrogen-bond acceptors (Lipinski definition) is 3. The van der Waals surface area contributed by atoms with Crippen LogP contribution in [-0.2, 0) is 16.1 Å². The summed E-state index contributed by atoms with van der Waals surface area (Å²) in [6.45, 7) is 2.32. The van der Waals surface area contributed by atoms with Crippen LogP contribution in [0.25, 0.3) is 0 Å². The Bertz CT molecular complexity index is 560. The zero-order valence-corrected chi connectivity index (χ0v) is 15.0. The van der Waals surface area contributed by atoms with Gasteiger partial charge in [0.2, 0.25) is 11.8 Å². The fourth-order valence-corrected chi connectivity index (χ4v) is 3.98. The minimum Gasteiger partial charge on any atom is -0.350 e. The molecule has 0 atom stereocenters. The molecule has 1 aromatic rings. The van der Waals surface area contributed by atoms with Crippen LogP contribution < -0.4 is 5.32 Å². The summed E-state index contributed by atoms with van der Waals surface area (Å²) < 4.78 is 0. The standard InChI is InChI=1S/C20H29N3O2/c24-19(22-15-18-7-3-4-12-21-18)16-8-10-17(11-9-16)20(25)23-13-5-1-2-6-14-23/h3-4,7,12,16-17H,1-2,5-6,8-11,13-15H2,(H,22,24). The maximum atomic E-state index is 12.7. The summed E-state index contributed by atoms with van der Waals surface area (Å²) in [6.07, 6.45) is 9.82. The summed E-state index contributed by atoms with van der Waals surface area (Å²) in [6, 6.07) is 5.71. The van der Waals surface area contributed by atoms with Gasteiger partial charge in [0.15, 0.2) is 0 Å². The highest BCUT2D eigenvalue weighted by Gasteiger charge is 2.32. The molecule has 3 rings (SSSR count). The first-order valence-corrected chi connectivity index (χ1v) is 9.70. The van der Waals surface area contributed by atoms with Crippen LogP contribution in [0.1, 0.15) is 57.1 Å². The minimum absolute atomic E-state index is 0.0388. The Morgan fingerprint density at radius 2 is 1.68 bits per heavy atom. The number of aromatic nitrogens is 1. The van der Waals surface area contributed by atoms with Gasteiger partial charge in [0.1, 0.15) is 0 Å². The number of nitrogens with zero attached hydrogens (tertiary/aromatic N) is 2. The van der Waals surface area contributed by atoms with Crippen molar-refractivity contribution in [2.24, 2.45) is 11.8 Å². The van der Waals surface area contributed by atoms with E-state index in [2.05, 4.69) is 15.2 Å². The van der Waals surface area contributed by atoms with Crippen LogP contribution in [0.4, 0.5) is 0 Å². The molecule has 5 heteroatoms. The maximum absolute atomic E-state index is 12.7. The summed E-state index contributed by atoms with van der Waals surface area (Å²) in [4.78, 5) is 31.4. The van der Waals surface area contributed by atoms with Crippen molar-refractivity contribution in [3.63, 3.8) is 0 Å². The van der Waals surface area contributed by atoms with Crippen molar-refractivity contribution < 1.29 is 9.59 Å². The number of amides is 2. The molecule has 0 bridgehead atoms. The molecule has 0 spiro atoms. The molecule has 136 valence electrons. The van der Waals surface area contributed by atoms with E-state index < -0.39 is 0 Å². The fraction of sp³-hybridized carbons (Fsp3) is 0.650. The van der Waals surface area contributed by atoms with E-state index >= 15 is 0 Å². The van der Waals surface area contributed by atoms with Gasteiger partial charge in [-0.25, -0.2) is 0 Å². The third-order valence-electron chi connectivity index (χ3n) is 5.53. The number of nitrogens with one attached hydrogen (secondary N) is 1. The van der Waals surface area contributed by atoms with Crippen LogP contribution in [0.2, 0.25) is 0 Å². The molecule has 1 aliphatic heterocycles. The molecule has 0 unspecified atom stereocenters. The maximum Gasteiger partial charge on any atom is 0.225 e. The van der Waals surface area contributed by atoms with Gasteiger partial charge in [0.25, 0.3) is 0 Å². The SMILES string of the molecule is O=C(NCc1ccccn1)C1CCC(C(=O)N2CCCCCC2)CC1. The predicted molar refractivity (Wildman–Crippen MR) is 96.6 cm³/mol. The lowest BCUT2D eigenvalue weighted by atomic mass is 9.81. The number of pyridine rings is 1. The van der Waals surface area contributed by atoms with Gasteiger partial charge >= 0.3 is 0 Å². The highest BCUT2D eigenvalue weighted by atomic mass is 16.2. The molecule has 1 saturated heterocycles. The van der Waals surface area contributed by atoms with Gasteiger partial charge in [-0.3, -0.25) is 14.6 Å². The molecular weight excluding hydrogens is 314 g/mol. The summed E-state index contributed by atoms with van der Waals surface area (Å²) in [5.41, 5.74) is 0.876. The molecule has 1 N–H and O–H groups in total. The smallest absolute Gasteiger partial charge is 0.225 e. The largest absolute Gasteiger partial charge is 0.350 e. The zero-order chi connectivity index (χ0) is 17.5. The highest BCUT2D eigenvalue weighted by molar-refractivity contribution is 5.81. The number of carbonyl (C=O) groups is 2. The van der Waals surface area contributed by atoms with E-state index in [1.807, 2.05) is 18.2 Å². The molecule has 1 aromatic heterocycles. The lowest BCUT2D eigenvalue weighted by Gasteiger charge is -2.31. The average Bonchev–Trinajstić information content (AvgIpc) is 2.96. The van der Waals surface area contributed by atoms with Gasteiger partial charge in [-0.1, -0.05) is 18.9 Å². The first kappa shape index (κ1) is 17.9. The second-order valence-electron chi connectivity index (χ2n) is 7.33. The van der Waals surface area contributed by atoms with Crippen molar-refractivity contribution in [3.8, 4) is 0 Å². The lowest BCUT2D eigenvalue weighted by Crippen LogP contribution is -2.40. The first-order valence-electron chi connectivity index (χ1n) is 9.70. The van der Waals surface area contributed by atoms with E-state index in [0.29, 0.717) is 12.5 Å². The molecule has 2 heterocycles. The Kier molecular flexibility index (Phi) is 6.42. The van der Waals surface area contributed by atoms with Crippen molar-refractivity contribution in [2.75, 3.05) is 13.1 Å². The Balaban J connectivity index is 1.43. The van der Waals surface area contributed by atoms with Crippen molar-refractivity contribution in [2.45, 2.75) is 57.9 Å². The third-order valence-corrected chi connectivity index (χ3v) is 5.53. The third kappa shape index (κ3) is 5.03. The molecule has 2 fully saturated rings. The summed E-state index contributed by atoms with van der Waals surface area (Å²) >= 11 is 0. The van der Waals surface area contributed by atoms with Crippen LogP contribution in [0.5, 0.6) is 0 Å². The zero-order valence-electron chi connectivity index (χ0n) is 15.0. The Hall–Kier alpha value is -1.91. The number of carbonyl (C=O) groups excluding carboxylic acids is 2.